The molecule has 0 aliphatic carbocycles. The highest BCUT2D eigenvalue weighted by Crippen LogP contribution is 2.12. The van der Waals surface area contributed by atoms with Gasteiger partial charge in [-0.25, -0.2) is 0 Å². The molecule has 7 heteroatoms. The molecule has 0 aromatic heterocycles. The van der Waals surface area contributed by atoms with Crippen LogP contribution < -0.4 is 4.74 Å². The molecule has 0 unspecified atom stereocenters. The van der Waals surface area contributed by atoms with Gasteiger partial charge in [-0.15, -0.1) is 37.2 Å². The van der Waals surface area contributed by atoms with Crippen LogP contribution in [0.25, 0.3) is 0 Å². The molecule has 3 rings (SSSR count). The van der Waals surface area contributed by atoms with Crippen LogP contribution in [0.15, 0.2) is 60.7 Å². The van der Waals surface area contributed by atoms with Crippen molar-refractivity contribution in [1.82, 2.24) is 14.7 Å². The van der Waals surface area contributed by atoms with Crippen molar-refractivity contribution in [2.75, 3.05) is 66.0 Å². The van der Waals surface area contributed by atoms with E-state index in [-0.39, 0.29) is 37.2 Å². The first-order valence-corrected chi connectivity index (χ1v) is 16.1. The Balaban J connectivity index is 0.00000560. The normalized spacial score (nSPS) is 13.7. The lowest BCUT2D eigenvalue weighted by molar-refractivity contribution is 0.128. The topological polar surface area (TPSA) is 19.0 Å². The van der Waals surface area contributed by atoms with E-state index in [2.05, 4.69) is 52.1 Å². The van der Waals surface area contributed by atoms with Gasteiger partial charge in [0.2, 0.25) is 0 Å². The van der Waals surface area contributed by atoms with Crippen molar-refractivity contribution in [1.29, 1.82) is 0 Å². The summed E-state index contributed by atoms with van der Waals surface area (Å²) < 4.78 is 5.78. The Bertz CT molecular complexity index is 823. The number of nitrogens with zero attached hydrogens (tertiary/aromatic N) is 3. The molecule has 1 aliphatic heterocycles. The fourth-order valence-electron chi connectivity index (χ4n) is 5.63. The van der Waals surface area contributed by atoms with E-state index >= 15 is 0 Å². The maximum Gasteiger partial charge on any atom is 0.119 e. The van der Waals surface area contributed by atoms with Gasteiger partial charge >= 0.3 is 0 Å². The molecule has 2 aromatic carbocycles. The number of rotatable bonds is 22. The van der Waals surface area contributed by atoms with E-state index in [1.807, 2.05) is 30.3 Å². The van der Waals surface area contributed by atoms with Gasteiger partial charge in [0.1, 0.15) is 5.75 Å². The summed E-state index contributed by atoms with van der Waals surface area (Å²) in [4.78, 5) is 7.94. The summed E-state index contributed by atoms with van der Waals surface area (Å²) in [7, 11) is 2.30. The first kappa shape index (κ1) is 41.0. The van der Waals surface area contributed by atoms with Gasteiger partial charge in [-0.2, -0.15) is 0 Å². The summed E-state index contributed by atoms with van der Waals surface area (Å²) in [5.41, 5.74) is 1.48. The average Bonchev–Trinajstić information content (AvgIpc) is 2.98. The molecule has 1 heterocycles. The zero-order valence-corrected chi connectivity index (χ0v) is 28.8. The molecule has 0 atom stereocenters. The smallest absolute Gasteiger partial charge is 0.119 e. The molecule has 0 amide bonds. The number of aryl methyl sites for hydroxylation is 1. The van der Waals surface area contributed by atoms with Crippen molar-refractivity contribution < 1.29 is 4.74 Å². The van der Waals surface area contributed by atoms with Crippen LogP contribution in [0.4, 0.5) is 0 Å². The van der Waals surface area contributed by atoms with Gasteiger partial charge in [-0.05, 0) is 95.9 Å². The molecule has 1 saturated heterocycles. The molecular formula is C35H60Cl3N3O. The Hall–Kier alpha value is -1.01. The van der Waals surface area contributed by atoms with E-state index in [9.17, 15) is 0 Å². The Morgan fingerprint density at radius 1 is 0.548 bits per heavy atom. The minimum atomic E-state index is 0. The molecule has 42 heavy (non-hydrogen) atoms. The third kappa shape index (κ3) is 20.0. The number of piperazine rings is 1. The standard InChI is InChI=1S/C35H57N3O.3ClH/c1-36(25-15-9-12-22-34-20-10-7-11-21-34)26-17-18-28-38-31-29-37(30-32-38)27-16-5-3-2-4-6-19-33-39-35-23-13-8-14-24-35;;;/h7-8,10-11,13-14,20-21,23-24H,2-6,9,12,15-19,22,25-33H2,1H3;3*1H. The number of hydrogen-bond acceptors (Lipinski definition) is 4. The van der Waals surface area contributed by atoms with Crippen LogP contribution in [0.1, 0.15) is 82.6 Å². The number of para-hydroxylation sites is 1. The van der Waals surface area contributed by atoms with Gasteiger partial charge in [0.05, 0.1) is 6.61 Å². The number of unbranched alkanes of at least 4 members (excludes halogenated alkanes) is 9. The predicted octanol–water partition coefficient (Wildman–Crippen LogP) is 8.80. The zero-order valence-electron chi connectivity index (χ0n) is 26.3. The quantitative estimate of drug-likeness (QED) is 0.119. The van der Waals surface area contributed by atoms with Crippen molar-refractivity contribution in [3.05, 3.63) is 66.2 Å². The van der Waals surface area contributed by atoms with Gasteiger partial charge in [-0.3, -0.25) is 0 Å². The summed E-state index contributed by atoms with van der Waals surface area (Å²) in [5.74, 6) is 0.998. The monoisotopic (exact) mass is 643 g/mol. The summed E-state index contributed by atoms with van der Waals surface area (Å²) >= 11 is 0. The van der Waals surface area contributed by atoms with E-state index in [1.54, 1.807) is 0 Å². The fourth-order valence-corrected chi connectivity index (χ4v) is 5.63. The molecule has 0 spiro atoms. The Labute approximate surface area is 277 Å². The van der Waals surface area contributed by atoms with Gasteiger partial charge in [0, 0.05) is 26.2 Å². The molecular weight excluding hydrogens is 585 g/mol. The van der Waals surface area contributed by atoms with Crippen molar-refractivity contribution in [3.8, 4) is 5.75 Å². The van der Waals surface area contributed by atoms with E-state index < -0.39 is 0 Å². The van der Waals surface area contributed by atoms with Gasteiger partial charge in [0.15, 0.2) is 0 Å². The number of benzene rings is 2. The van der Waals surface area contributed by atoms with Crippen LogP contribution in [-0.4, -0.2) is 80.7 Å². The molecule has 242 valence electrons. The highest BCUT2D eigenvalue weighted by Gasteiger charge is 2.15. The maximum absolute atomic E-state index is 5.78. The van der Waals surface area contributed by atoms with Crippen LogP contribution in [0.2, 0.25) is 0 Å². The zero-order chi connectivity index (χ0) is 27.2. The van der Waals surface area contributed by atoms with Crippen LogP contribution in [-0.2, 0) is 6.42 Å². The number of halogens is 3. The second-order valence-corrected chi connectivity index (χ2v) is 11.6. The molecule has 2 aromatic rings. The predicted molar refractivity (Wildman–Crippen MR) is 190 cm³/mol. The van der Waals surface area contributed by atoms with Crippen LogP contribution in [0.5, 0.6) is 5.75 Å². The summed E-state index contributed by atoms with van der Waals surface area (Å²) in [6.45, 7) is 11.0. The first-order valence-electron chi connectivity index (χ1n) is 16.1. The van der Waals surface area contributed by atoms with Crippen molar-refractivity contribution >= 4 is 37.2 Å². The largest absolute Gasteiger partial charge is 0.494 e. The molecule has 0 radical (unpaired) electrons. The molecule has 0 N–H and O–H groups in total. The van der Waals surface area contributed by atoms with Crippen molar-refractivity contribution in [3.63, 3.8) is 0 Å². The van der Waals surface area contributed by atoms with Gasteiger partial charge in [-0.1, -0.05) is 87.1 Å². The SMILES string of the molecule is CN(CCCCCc1ccccc1)CCCCN1CCN(CCCCCCCCCOc2ccccc2)CC1.Cl.Cl.Cl. The third-order valence-electron chi connectivity index (χ3n) is 8.21. The highest BCUT2D eigenvalue weighted by atomic mass is 35.5. The number of hydrogen-bond donors (Lipinski definition) is 0. The lowest BCUT2D eigenvalue weighted by Gasteiger charge is -2.34. The first-order chi connectivity index (χ1) is 19.3. The van der Waals surface area contributed by atoms with Gasteiger partial charge in [0.25, 0.3) is 0 Å². The minimum absolute atomic E-state index is 0. The van der Waals surface area contributed by atoms with E-state index in [4.69, 9.17) is 4.74 Å². The summed E-state index contributed by atoms with van der Waals surface area (Å²) in [6, 6.07) is 21.1. The number of ether oxygens (including phenoxy) is 1. The second kappa shape index (κ2) is 27.5. The van der Waals surface area contributed by atoms with Gasteiger partial charge < -0.3 is 19.4 Å². The minimum Gasteiger partial charge on any atom is -0.494 e. The molecule has 1 aliphatic rings. The lowest BCUT2D eigenvalue weighted by Crippen LogP contribution is -2.46. The molecule has 0 bridgehead atoms. The summed E-state index contributed by atoms with van der Waals surface area (Å²) in [6.07, 6.45) is 17.2. The van der Waals surface area contributed by atoms with Crippen molar-refractivity contribution in [2.24, 2.45) is 0 Å². The average molecular weight is 645 g/mol. The molecule has 0 saturated carbocycles. The lowest BCUT2D eigenvalue weighted by atomic mass is 10.1. The molecule has 4 nitrogen and oxygen atoms in total. The fraction of sp³-hybridized carbons (Fsp3) is 0.657. The molecule has 1 fully saturated rings. The second-order valence-electron chi connectivity index (χ2n) is 11.6. The van der Waals surface area contributed by atoms with Crippen LogP contribution in [0.3, 0.4) is 0 Å². The Morgan fingerprint density at radius 2 is 1.00 bits per heavy atom. The Kier molecular flexibility index (Phi) is 26.9. The van der Waals surface area contributed by atoms with Crippen LogP contribution in [0, 0.1) is 0 Å². The maximum atomic E-state index is 5.78. The highest BCUT2D eigenvalue weighted by molar-refractivity contribution is 5.86. The van der Waals surface area contributed by atoms with E-state index in [0.29, 0.717) is 0 Å². The Morgan fingerprint density at radius 3 is 1.60 bits per heavy atom. The van der Waals surface area contributed by atoms with Crippen molar-refractivity contribution in [2.45, 2.75) is 83.5 Å². The van der Waals surface area contributed by atoms with E-state index in [0.717, 1.165) is 12.4 Å². The third-order valence-corrected chi connectivity index (χ3v) is 8.21. The summed E-state index contributed by atoms with van der Waals surface area (Å²) in [5, 5.41) is 0. The van der Waals surface area contributed by atoms with Crippen LogP contribution >= 0.6 is 37.2 Å². The van der Waals surface area contributed by atoms with E-state index in [1.165, 1.54) is 141 Å².